The van der Waals surface area contributed by atoms with Crippen LogP contribution < -0.4 is 0 Å². The van der Waals surface area contributed by atoms with E-state index in [1.54, 1.807) is 19.2 Å². The van der Waals surface area contributed by atoms with Gasteiger partial charge in [-0.1, -0.05) is 26.2 Å². The second-order valence-corrected chi connectivity index (χ2v) is 3.03. The summed E-state index contributed by atoms with van der Waals surface area (Å²) in [5, 5.41) is 0. The van der Waals surface area contributed by atoms with Crippen molar-refractivity contribution in [2.75, 3.05) is 12.9 Å². The van der Waals surface area contributed by atoms with Crippen molar-refractivity contribution in [2.24, 2.45) is 0 Å². The maximum absolute atomic E-state index is 4.84. The highest BCUT2D eigenvalue weighted by molar-refractivity contribution is 7.94. The molecule has 0 atom stereocenters. The first-order valence-corrected chi connectivity index (χ1v) is 4.48. The lowest BCUT2D eigenvalue weighted by Crippen LogP contribution is -1.80. The number of hydrogen-bond acceptors (Lipinski definition) is 2. The van der Waals surface area contributed by atoms with E-state index in [4.69, 9.17) is 4.18 Å². The molecule has 0 amide bonds. The van der Waals surface area contributed by atoms with Crippen molar-refractivity contribution in [2.45, 2.75) is 32.6 Å². The summed E-state index contributed by atoms with van der Waals surface area (Å²) in [7, 11) is 1.73. The Hall–Kier alpha value is 0.310. The van der Waals surface area contributed by atoms with Crippen LogP contribution in [0.15, 0.2) is 0 Å². The van der Waals surface area contributed by atoms with Gasteiger partial charge in [-0.15, -0.1) is 0 Å². The average molecular weight is 148 g/mol. The van der Waals surface area contributed by atoms with Crippen molar-refractivity contribution in [3.63, 3.8) is 0 Å². The molecule has 0 heterocycles. The molecule has 0 fully saturated rings. The highest BCUT2D eigenvalue weighted by atomic mass is 32.2. The summed E-state index contributed by atoms with van der Waals surface area (Å²) in [6, 6.07) is 0. The van der Waals surface area contributed by atoms with Crippen molar-refractivity contribution < 1.29 is 4.18 Å². The monoisotopic (exact) mass is 148 g/mol. The molecule has 0 rings (SSSR count). The molecule has 0 aromatic heterocycles. The third kappa shape index (κ3) is 8.31. The zero-order chi connectivity index (χ0) is 6.95. The van der Waals surface area contributed by atoms with Crippen molar-refractivity contribution in [1.82, 2.24) is 0 Å². The van der Waals surface area contributed by atoms with E-state index in [9.17, 15) is 0 Å². The summed E-state index contributed by atoms with van der Waals surface area (Å²) in [5.74, 6) is 1.15. The van der Waals surface area contributed by atoms with E-state index in [0.29, 0.717) is 0 Å². The summed E-state index contributed by atoms with van der Waals surface area (Å²) in [4.78, 5) is 0. The summed E-state index contributed by atoms with van der Waals surface area (Å²) >= 11 is 1.56. The SMILES string of the molecule is CCCCCCSOC. The van der Waals surface area contributed by atoms with Crippen LogP contribution in [0.4, 0.5) is 0 Å². The molecule has 0 bridgehead atoms. The van der Waals surface area contributed by atoms with Gasteiger partial charge in [0.25, 0.3) is 0 Å². The van der Waals surface area contributed by atoms with Crippen LogP contribution in [-0.2, 0) is 4.18 Å². The molecule has 1 nitrogen and oxygen atoms in total. The topological polar surface area (TPSA) is 9.23 Å². The standard InChI is InChI=1S/C7H16OS/c1-3-4-5-6-7-9-8-2/h3-7H2,1-2H3. The van der Waals surface area contributed by atoms with Gasteiger partial charge in [-0.05, 0) is 18.5 Å². The number of hydrogen-bond donors (Lipinski definition) is 0. The first kappa shape index (κ1) is 9.31. The first-order chi connectivity index (χ1) is 4.41. The average Bonchev–Trinajstić information content (AvgIpc) is 1.89. The molecule has 0 N–H and O–H groups in total. The molecule has 0 aromatic rings. The molecule has 56 valence electrons. The van der Waals surface area contributed by atoms with Gasteiger partial charge in [-0.2, -0.15) is 0 Å². The molecule has 0 aromatic carbocycles. The molecule has 0 saturated carbocycles. The fraction of sp³-hybridized carbons (Fsp3) is 1.00. The third-order valence-corrected chi connectivity index (χ3v) is 1.89. The van der Waals surface area contributed by atoms with Gasteiger partial charge in [0.05, 0.1) is 7.11 Å². The Kier molecular flexibility index (Phi) is 8.60. The van der Waals surface area contributed by atoms with E-state index >= 15 is 0 Å². The zero-order valence-corrected chi connectivity index (χ0v) is 7.17. The van der Waals surface area contributed by atoms with Crippen LogP contribution in [0.25, 0.3) is 0 Å². The van der Waals surface area contributed by atoms with Gasteiger partial charge in [-0.3, -0.25) is 0 Å². The smallest absolute Gasteiger partial charge is 0.0503 e. The molecule has 0 aliphatic carbocycles. The Morgan fingerprint density at radius 1 is 1.22 bits per heavy atom. The minimum Gasteiger partial charge on any atom is -0.319 e. The van der Waals surface area contributed by atoms with E-state index in [1.807, 2.05) is 0 Å². The van der Waals surface area contributed by atoms with Gasteiger partial charge in [0, 0.05) is 5.75 Å². The van der Waals surface area contributed by atoms with Gasteiger partial charge in [-0.25, -0.2) is 0 Å². The highest BCUT2D eigenvalue weighted by Gasteiger charge is 1.86. The third-order valence-electron chi connectivity index (χ3n) is 1.20. The molecule has 2 heteroatoms. The molecule has 0 aliphatic rings. The van der Waals surface area contributed by atoms with Gasteiger partial charge in [0.1, 0.15) is 0 Å². The largest absolute Gasteiger partial charge is 0.319 e. The van der Waals surface area contributed by atoms with Crippen LogP contribution in [0.5, 0.6) is 0 Å². The van der Waals surface area contributed by atoms with Crippen LogP contribution in [0.3, 0.4) is 0 Å². The Balaban J connectivity index is 2.60. The Morgan fingerprint density at radius 2 is 2.00 bits per heavy atom. The van der Waals surface area contributed by atoms with Crippen molar-refractivity contribution in [1.29, 1.82) is 0 Å². The van der Waals surface area contributed by atoms with Crippen LogP contribution in [0.1, 0.15) is 32.6 Å². The van der Waals surface area contributed by atoms with E-state index in [1.165, 1.54) is 25.7 Å². The minimum atomic E-state index is 1.15. The van der Waals surface area contributed by atoms with E-state index in [-0.39, 0.29) is 0 Å². The second-order valence-electron chi connectivity index (χ2n) is 2.05. The highest BCUT2D eigenvalue weighted by Crippen LogP contribution is 2.06. The van der Waals surface area contributed by atoms with E-state index in [0.717, 1.165) is 5.75 Å². The predicted octanol–water partition coefficient (Wildman–Crippen LogP) is 2.86. The van der Waals surface area contributed by atoms with Crippen LogP contribution in [0, 0.1) is 0 Å². The van der Waals surface area contributed by atoms with Crippen molar-refractivity contribution in [3.8, 4) is 0 Å². The quantitative estimate of drug-likeness (QED) is 0.423. The van der Waals surface area contributed by atoms with Crippen LogP contribution in [-0.4, -0.2) is 12.9 Å². The maximum Gasteiger partial charge on any atom is 0.0503 e. The van der Waals surface area contributed by atoms with Gasteiger partial charge in [0.2, 0.25) is 0 Å². The van der Waals surface area contributed by atoms with Crippen LogP contribution in [0.2, 0.25) is 0 Å². The Morgan fingerprint density at radius 3 is 2.56 bits per heavy atom. The summed E-state index contributed by atoms with van der Waals surface area (Å²) in [6.45, 7) is 2.23. The predicted molar refractivity (Wildman–Crippen MR) is 43.6 cm³/mol. The fourth-order valence-corrected chi connectivity index (χ4v) is 1.16. The van der Waals surface area contributed by atoms with Gasteiger partial charge < -0.3 is 4.18 Å². The minimum absolute atomic E-state index is 1.15. The molecular weight excluding hydrogens is 132 g/mol. The summed E-state index contributed by atoms with van der Waals surface area (Å²) < 4.78 is 4.84. The van der Waals surface area contributed by atoms with E-state index < -0.39 is 0 Å². The van der Waals surface area contributed by atoms with Gasteiger partial charge >= 0.3 is 0 Å². The molecule has 0 aliphatic heterocycles. The molecule has 0 unspecified atom stereocenters. The lowest BCUT2D eigenvalue weighted by Gasteiger charge is -1.95. The number of rotatable bonds is 6. The van der Waals surface area contributed by atoms with Crippen molar-refractivity contribution >= 4 is 12.0 Å². The fourth-order valence-electron chi connectivity index (χ4n) is 0.671. The Labute approximate surface area is 62.4 Å². The normalized spacial score (nSPS) is 10.0. The summed E-state index contributed by atoms with van der Waals surface area (Å²) in [6.07, 6.45) is 5.33. The maximum atomic E-state index is 4.84. The molecule has 0 saturated heterocycles. The summed E-state index contributed by atoms with van der Waals surface area (Å²) in [5.41, 5.74) is 0. The lowest BCUT2D eigenvalue weighted by atomic mass is 10.2. The molecular formula is C7H16OS. The molecule has 0 spiro atoms. The second kappa shape index (κ2) is 8.31. The first-order valence-electron chi connectivity index (χ1n) is 3.57. The number of unbranched alkanes of at least 4 members (excludes halogenated alkanes) is 3. The lowest BCUT2D eigenvalue weighted by molar-refractivity contribution is 0.488. The zero-order valence-electron chi connectivity index (χ0n) is 6.35. The molecule has 9 heavy (non-hydrogen) atoms. The van der Waals surface area contributed by atoms with Crippen molar-refractivity contribution in [3.05, 3.63) is 0 Å². The van der Waals surface area contributed by atoms with Crippen LogP contribution >= 0.6 is 12.0 Å². The molecule has 0 radical (unpaired) electrons. The van der Waals surface area contributed by atoms with E-state index in [2.05, 4.69) is 6.92 Å². The van der Waals surface area contributed by atoms with Gasteiger partial charge in [0.15, 0.2) is 0 Å². The Bertz CT molecular complexity index is 42.2.